The third-order valence-electron chi connectivity index (χ3n) is 5.24. The van der Waals surface area contributed by atoms with Gasteiger partial charge in [-0.3, -0.25) is 14.8 Å². The molecule has 2 rings (SSSR count). The van der Waals surface area contributed by atoms with E-state index in [2.05, 4.69) is 83.2 Å². The van der Waals surface area contributed by atoms with Crippen molar-refractivity contribution in [3.63, 3.8) is 0 Å². The molecule has 0 aliphatic carbocycles. The number of likely N-dealkylation sites (N-methyl/N-ethyl adjacent to an activating group) is 1. The van der Waals surface area contributed by atoms with Crippen LogP contribution in [-0.2, 0) is 6.54 Å². The molecule has 1 fully saturated rings. The predicted molar refractivity (Wildman–Crippen MR) is 116 cm³/mol. The van der Waals surface area contributed by atoms with E-state index >= 15 is 0 Å². The molecule has 27 heavy (non-hydrogen) atoms. The summed E-state index contributed by atoms with van der Waals surface area (Å²) in [6, 6.07) is 11.5. The van der Waals surface area contributed by atoms with E-state index in [0.29, 0.717) is 12.1 Å². The smallest absolute Gasteiger partial charge is 0.191 e. The van der Waals surface area contributed by atoms with Crippen LogP contribution in [0, 0.1) is 0 Å². The number of hydrogen-bond acceptors (Lipinski definition) is 3. The number of nitrogens with one attached hydrogen (secondary N) is 2. The van der Waals surface area contributed by atoms with Crippen molar-refractivity contribution >= 4 is 5.96 Å². The Morgan fingerprint density at radius 2 is 1.96 bits per heavy atom. The molecule has 0 saturated carbocycles. The van der Waals surface area contributed by atoms with Gasteiger partial charge in [0.1, 0.15) is 0 Å². The summed E-state index contributed by atoms with van der Waals surface area (Å²) in [5.74, 6) is 0.910. The SMILES string of the molecule is C=C(C)CN1CCC(NC(=NC)NCC(C)N(C)Cc2ccccc2)CC1. The van der Waals surface area contributed by atoms with Crippen molar-refractivity contribution in [2.45, 2.75) is 45.3 Å². The first-order chi connectivity index (χ1) is 13.0. The van der Waals surface area contributed by atoms with Crippen molar-refractivity contribution in [3.8, 4) is 0 Å². The van der Waals surface area contributed by atoms with Crippen LogP contribution in [0.5, 0.6) is 0 Å². The highest BCUT2D eigenvalue weighted by Crippen LogP contribution is 2.11. The lowest BCUT2D eigenvalue weighted by Crippen LogP contribution is -2.50. The fourth-order valence-corrected chi connectivity index (χ4v) is 3.43. The van der Waals surface area contributed by atoms with E-state index in [1.54, 1.807) is 0 Å². The molecule has 1 atom stereocenters. The van der Waals surface area contributed by atoms with Crippen molar-refractivity contribution in [2.75, 3.05) is 40.3 Å². The Labute approximate surface area is 165 Å². The first kappa shape index (κ1) is 21.5. The largest absolute Gasteiger partial charge is 0.355 e. The van der Waals surface area contributed by atoms with Crippen LogP contribution in [0.2, 0.25) is 0 Å². The number of hydrogen-bond donors (Lipinski definition) is 2. The first-order valence-corrected chi connectivity index (χ1v) is 10.1. The topological polar surface area (TPSA) is 42.9 Å². The summed E-state index contributed by atoms with van der Waals surface area (Å²) in [6.45, 7) is 13.5. The molecular formula is C22H37N5. The summed E-state index contributed by atoms with van der Waals surface area (Å²) in [7, 11) is 4.02. The second-order valence-corrected chi connectivity index (χ2v) is 7.85. The second-order valence-electron chi connectivity index (χ2n) is 7.85. The van der Waals surface area contributed by atoms with Crippen molar-refractivity contribution in [3.05, 3.63) is 48.0 Å². The lowest BCUT2D eigenvalue weighted by Gasteiger charge is -2.33. The lowest BCUT2D eigenvalue weighted by molar-refractivity contribution is 0.220. The molecular weight excluding hydrogens is 334 g/mol. The molecule has 1 heterocycles. The minimum atomic E-state index is 0.418. The fraction of sp³-hybridized carbons (Fsp3) is 0.591. The Morgan fingerprint density at radius 1 is 1.30 bits per heavy atom. The molecule has 0 spiro atoms. The summed E-state index contributed by atoms with van der Waals surface area (Å²) in [4.78, 5) is 9.26. The average molecular weight is 372 g/mol. The lowest BCUT2D eigenvalue weighted by atomic mass is 10.0. The van der Waals surface area contributed by atoms with Crippen LogP contribution in [-0.4, -0.2) is 68.1 Å². The normalized spacial score (nSPS) is 17.7. The minimum absolute atomic E-state index is 0.418. The maximum atomic E-state index is 4.41. The minimum Gasteiger partial charge on any atom is -0.355 e. The third-order valence-corrected chi connectivity index (χ3v) is 5.24. The Kier molecular flexibility index (Phi) is 8.82. The standard InChI is InChI=1S/C22H37N5/c1-18(2)16-27-13-11-21(12-14-27)25-22(23-4)24-15-19(3)26(5)17-20-9-7-6-8-10-20/h6-10,19,21H,1,11-17H2,2-5H3,(H2,23,24,25). The van der Waals surface area contributed by atoms with Gasteiger partial charge in [0.15, 0.2) is 5.96 Å². The Balaban J connectivity index is 1.71. The van der Waals surface area contributed by atoms with E-state index in [-0.39, 0.29) is 0 Å². The average Bonchev–Trinajstić information content (AvgIpc) is 2.66. The van der Waals surface area contributed by atoms with E-state index < -0.39 is 0 Å². The summed E-state index contributed by atoms with van der Waals surface area (Å²) in [5, 5.41) is 7.09. The molecule has 0 bridgehead atoms. The molecule has 150 valence electrons. The van der Waals surface area contributed by atoms with E-state index in [4.69, 9.17) is 0 Å². The highest BCUT2D eigenvalue weighted by atomic mass is 15.2. The molecule has 1 aliphatic rings. The van der Waals surface area contributed by atoms with Gasteiger partial charge in [-0.1, -0.05) is 42.5 Å². The Hall–Kier alpha value is -1.85. The molecule has 2 N–H and O–H groups in total. The highest BCUT2D eigenvalue weighted by molar-refractivity contribution is 5.80. The molecule has 1 aromatic rings. The number of rotatable bonds is 8. The van der Waals surface area contributed by atoms with Crippen molar-refractivity contribution in [1.29, 1.82) is 0 Å². The number of nitrogens with zero attached hydrogens (tertiary/aromatic N) is 3. The summed E-state index contributed by atoms with van der Waals surface area (Å²) < 4.78 is 0. The third kappa shape index (κ3) is 7.73. The maximum absolute atomic E-state index is 4.41. The molecule has 1 aromatic carbocycles. The van der Waals surface area contributed by atoms with Gasteiger partial charge in [0, 0.05) is 51.9 Å². The number of likely N-dealkylation sites (tertiary alicyclic amines) is 1. The Morgan fingerprint density at radius 3 is 2.56 bits per heavy atom. The number of guanidine groups is 1. The zero-order valence-electron chi connectivity index (χ0n) is 17.5. The van der Waals surface area contributed by atoms with Crippen molar-refractivity contribution < 1.29 is 0 Å². The molecule has 0 aromatic heterocycles. The van der Waals surface area contributed by atoms with Crippen LogP contribution in [0.1, 0.15) is 32.3 Å². The van der Waals surface area contributed by atoms with Gasteiger partial charge >= 0.3 is 0 Å². The van der Waals surface area contributed by atoms with Gasteiger partial charge in [0.2, 0.25) is 0 Å². The van der Waals surface area contributed by atoms with E-state index in [1.165, 1.54) is 11.1 Å². The molecule has 1 aliphatic heterocycles. The van der Waals surface area contributed by atoms with Gasteiger partial charge in [-0.2, -0.15) is 0 Å². The second kappa shape index (κ2) is 11.1. The van der Waals surface area contributed by atoms with Crippen LogP contribution in [0.4, 0.5) is 0 Å². The summed E-state index contributed by atoms with van der Waals surface area (Å²) >= 11 is 0. The van der Waals surface area contributed by atoms with Gasteiger partial charge in [-0.05, 0) is 39.3 Å². The van der Waals surface area contributed by atoms with Gasteiger partial charge in [0.05, 0.1) is 0 Å². The van der Waals surface area contributed by atoms with Gasteiger partial charge in [-0.25, -0.2) is 0 Å². The highest BCUT2D eigenvalue weighted by Gasteiger charge is 2.20. The molecule has 1 saturated heterocycles. The predicted octanol–water partition coefficient (Wildman–Crippen LogP) is 2.71. The van der Waals surface area contributed by atoms with Gasteiger partial charge in [-0.15, -0.1) is 0 Å². The molecule has 5 nitrogen and oxygen atoms in total. The maximum Gasteiger partial charge on any atom is 0.191 e. The Bertz CT molecular complexity index is 590. The zero-order chi connectivity index (χ0) is 19.6. The van der Waals surface area contributed by atoms with Crippen LogP contribution < -0.4 is 10.6 Å². The molecule has 0 amide bonds. The molecule has 1 unspecified atom stereocenters. The van der Waals surface area contributed by atoms with Crippen molar-refractivity contribution in [1.82, 2.24) is 20.4 Å². The quantitative estimate of drug-likeness (QED) is 0.419. The molecule has 5 heteroatoms. The van der Waals surface area contributed by atoms with Gasteiger partial charge in [0.25, 0.3) is 0 Å². The fourth-order valence-electron chi connectivity index (χ4n) is 3.43. The number of piperidine rings is 1. The summed E-state index contributed by atoms with van der Waals surface area (Å²) in [6.07, 6.45) is 2.30. The van der Waals surface area contributed by atoms with E-state index in [9.17, 15) is 0 Å². The van der Waals surface area contributed by atoms with Crippen LogP contribution in [0.3, 0.4) is 0 Å². The molecule has 0 radical (unpaired) electrons. The van der Waals surface area contributed by atoms with Crippen LogP contribution >= 0.6 is 0 Å². The number of benzene rings is 1. The van der Waals surface area contributed by atoms with Crippen molar-refractivity contribution in [2.24, 2.45) is 4.99 Å². The van der Waals surface area contributed by atoms with E-state index in [1.807, 2.05) is 7.05 Å². The van der Waals surface area contributed by atoms with Crippen LogP contribution in [0.25, 0.3) is 0 Å². The van der Waals surface area contributed by atoms with E-state index in [0.717, 1.165) is 51.5 Å². The van der Waals surface area contributed by atoms with Gasteiger partial charge < -0.3 is 10.6 Å². The first-order valence-electron chi connectivity index (χ1n) is 10.1. The summed E-state index contributed by atoms with van der Waals surface area (Å²) in [5.41, 5.74) is 2.59. The monoisotopic (exact) mass is 371 g/mol. The number of aliphatic imine (C=N–C) groups is 1. The van der Waals surface area contributed by atoms with Crippen LogP contribution in [0.15, 0.2) is 47.5 Å². The zero-order valence-corrected chi connectivity index (χ0v) is 17.5.